The summed E-state index contributed by atoms with van der Waals surface area (Å²) in [5.41, 5.74) is 1.53. The molecule has 1 heterocycles. The molecule has 1 aliphatic heterocycles. The fourth-order valence-electron chi connectivity index (χ4n) is 2.73. The van der Waals surface area contributed by atoms with Gasteiger partial charge in [-0.15, -0.1) is 0 Å². The molecule has 3 nitrogen and oxygen atoms in total. The van der Waals surface area contributed by atoms with E-state index in [1.54, 1.807) is 17.0 Å². The van der Waals surface area contributed by atoms with Crippen LogP contribution in [0.5, 0.6) is 0 Å². The van der Waals surface area contributed by atoms with Crippen LogP contribution < -0.4 is 0 Å². The quantitative estimate of drug-likeness (QED) is 0.536. The molecule has 0 aromatic heterocycles. The predicted octanol–water partition coefficient (Wildman–Crippen LogP) is 5.61. The van der Waals surface area contributed by atoms with E-state index in [-0.39, 0.29) is 5.91 Å². The van der Waals surface area contributed by atoms with Crippen molar-refractivity contribution in [3.05, 3.63) is 68.6 Å². The Morgan fingerprint density at radius 1 is 1.08 bits per heavy atom. The molecule has 0 radical (unpaired) electrons. The molecule has 0 fully saturated rings. The molecule has 128 valence electrons. The summed E-state index contributed by atoms with van der Waals surface area (Å²) in [6, 6.07) is 15.1. The van der Waals surface area contributed by atoms with Crippen molar-refractivity contribution in [3.8, 4) is 0 Å². The molecule has 0 aliphatic carbocycles. The number of rotatable bonds is 3. The predicted molar refractivity (Wildman–Crippen MR) is 112 cm³/mol. The second-order valence-corrected chi connectivity index (χ2v) is 8.21. The minimum Gasteiger partial charge on any atom is -0.272 e. The Bertz CT molecular complexity index is 862. The first kappa shape index (κ1) is 18.4. The highest BCUT2D eigenvalue weighted by molar-refractivity contribution is 9.10. The molecule has 6 heteroatoms. The van der Waals surface area contributed by atoms with Crippen molar-refractivity contribution in [2.24, 2.45) is 4.99 Å². The molecule has 0 bridgehead atoms. The average Bonchev–Trinajstić information content (AvgIpc) is 2.87. The second-order valence-electron chi connectivity index (χ2n) is 5.99. The number of hydrogen-bond acceptors (Lipinski definition) is 3. The van der Waals surface area contributed by atoms with Crippen LogP contribution in [-0.4, -0.2) is 27.2 Å². The van der Waals surface area contributed by atoms with Crippen LogP contribution in [0.3, 0.4) is 0 Å². The van der Waals surface area contributed by atoms with Gasteiger partial charge in [-0.2, -0.15) is 0 Å². The van der Waals surface area contributed by atoms with E-state index in [0.29, 0.717) is 22.7 Å². The number of hydrogen-bond donors (Lipinski definition) is 0. The maximum atomic E-state index is 13.1. The van der Waals surface area contributed by atoms with Crippen molar-refractivity contribution in [2.75, 3.05) is 0 Å². The van der Waals surface area contributed by atoms with E-state index in [9.17, 15) is 4.79 Å². The molecule has 0 saturated carbocycles. The highest BCUT2D eigenvalue weighted by atomic mass is 79.9. The van der Waals surface area contributed by atoms with Gasteiger partial charge in [0.05, 0.1) is 0 Å². The second kappa shape index (κ2) is 7.09. The lowest BCUT2D eigenvalue weighted by molar-refractivity contribution is 0.0734. The standard InChI is InChI=1S/C19H16Br2N2OS/c1-3-19(2)22-16(12-4-8-14(20)9-5-12)18(25)23(19)17(24)13-6-10-15(21)11-7-13/h4-11H,3H2,1-2H3. The van der Waals surface area contributed by atoms with Gasteiger partial charge in [0.25, 0.3) is 5.91 Å². The number of halogens is 2. The van der Waals surface area contributed by atoms with Crippen LogP contribution in [0.25, 0.3) is 0 Å². The smallest absolute Gasteiger partial charge is 0.260 e. The van der Waals surface area contributed by atoms with Crippen LogP contribution in [0, 0.1) is 0 Å². The molecule has 1 aliphatic rings. The fourth-order valence-corrected chi connectivity index (χ4v) is 3.70. The van der Waals surface area contributed by atoms with Gasteiger partial charge in [-0.25, -0.2) is 0 Å². The lowest BCUT2D eigenvalue weighted by atomic mass is 10.1. The molecule has 2 aromatic carbocycles. The molecule has 1 atom stereocenters. The van der Waals surface area contributed by atoms with E-state index >= 15 is 0 Å². The van der Waals surface area contributed by atoms with Crippen LogP contribution in [0.1, 0.15) is 36.2 Å². The van der Waals surface area contributed by atoms with Crippen LogP contribution in [-0.2, 0) is 0 Å². The van der Waals surface area contributed by atoms with Crippen molar-refractivity contribution >= 4 is 60.7 Å². The van der Waals surface area contributed by atoms with Gasteiger partial charge in [0, 0.05) is 20.1 Å². The summed E-state index contributed by atoms with van der Waals surface area (Å²) >= 11 is 12.5. The van der Waals surface area contributed by atoms with Gasteiger partial charge in [0.2, 0.25) is 0 Å². The lowest BCUT2D eigenvalue weighted by Gasteiger charge is -2.31. The lowest BCUT2D eigenvalue weighted by Crippen LogP contribution is -2.47. The van der Waals surface area contributed by atoms with Gasteiger partial charge >= 0.3 is 0 Å². The number of carbonyl (C=O) groups excluding carboxylic acids is 1. The van der Waals surface area contributed by atoms with E-state index in [1.807, 2.05) is 50.2 Å². The molecule has 1 amide bonds. The van der Waals surface area contributed by atoms with E-state index in [0.717, 1.165) is 14.5 Å². The third-order valence-corrected chi connectivity index (χ3v) is 5.76. The zero-order valence-electron chi connectivity index (χ0n) is 13.8. The number of amides is 1. The largest absolute Gasteiger partial charge is 0.272 e. The Morgan fingerprint density at radius 2 is 1.60 bits per heavy atom. The van der Waals surface area contributed by atoms with Gasteiger partial charge in [0.15, 0.2) is 0 Å². The topological polar surface area (TPSA) is 32.7 Å². The number of carbonyl (C=O) groups is 1. The summed E-state index contributed by atoms with van der Waals surface area (Å²) in [6.07, 6.45) is 0.676. The van der Waals surface area contributed by atoms with Crippen LogP contribution in [0.2, 0.25) is 0 Å². The molecular weight excluding hydrogens is 464 g/mol. The summed E-state index contributed by atoms with van der Waals surface area (Å²) in [4.78, 5) is 20.1. The first-order chi connectivity index (χ1) is 11.9. The van der Waals surface area contributed by atoms with E-state index in [4.69, 9.17) is 17.2 Å². The highest BCUT2D eigenvalue weighted by Gasteiger charge is 2.44. The van der Waals surface area contributed by atoms with Crippen LogP contribution in [0.15, 0.2) is 62.5 Å². The molecule has 3 rings (SSSR count). The summed E-state index contributed by atoms with van der Waals surface area (Å²) < 4.78 is 1.92. The first-order valence-electron chi connectivity index (χ1n) is 7.86. The molecule has 2 aromatic rings. The number of aliphatic imine (C=N–C) groups is 1. The summed E-state index contributed by atoms with van der Waals surface area (Å²) in [7, 11) is 0. The van der Waals surface area contributed by atoms with Crippen LogP contribution >= 0.6 is 44.1 Å². The van der Waals surface area contributed by atoms with Gasteiger partial charge in [-0.1, -0.05) is 63.1 Å². The Morgan fingerprint density at radius 3 is 2.12 bits per heavy atom. The van der Waals surface area contributed by atoms with E-state index < -0.39 is 5.66 Å². The first-order valence-corrected chi connectivity index (χ1v) is 9.85. The Balaban J connectivity index is 2.00. The third-order valence-electron chi connectivity index (χ3n) is 4.32. The van der Waals surface area contributed by atoms with E-state index in [1.165, 1.54) is 0 Å². The highest BCUT2D eigenvalue weighted by Crippen LogP contribution is 2.32. The number of nitrogens with zero attached hydrogens (tertiary/aromatic N) is 2. The van der Waals surface area contributed by atoms with Crippen molar-refractivity contribution in [2.45, 2.75) is 25.9 Å². The zero-order valence-corrected chi connectivity index (χ0v) is 17.8. The normalized spacial score (nSPS) is 19.9. The SMILES string of the molecule is CCC1(C)N=C(c2ccc(Br)cc2)C(=S)N1C(=O)c1ccc(Br)cc1. The molecule has 0 saturated heterocycles. The summed E-state index contributed by atoms with van der Waals surface area (Å²) in [5, 5.41) is 0. The minimum atomic E-state index is -0.677. The summed E-state index contributed by atoms with van der Waals surface area (Å²) in [5.74, 6) is -0.127. The Kier molecular flexibility index (Phi) is 5.23. The van der Waals surface area contributed by atoms with Gasteiger partial charge in [0.1, 0.15) is 16.4 Å². The fraction of sp³-hybridized carbons (Fsp3) is 0.211. The molecular formula is C19H16Br2N2OS. The van der Waals surface area contributed by atoms with E-state index in [2.05, 4.69) is 31.9 Å². The molecule has 0 N–H and O–H groups in total. The average molecular weight is 480 g/mol. The Labute approximate surface area is 169 Å². The number of benzene rings is 2. The maximum Gasteiger partial charge on any atom is 0.260 e. The van der Waals surface area contributed by atoms with Crippen LogP contribution in [0.4, 0.5) is 0 Å². The monoisotopic (exact) mass is 478 g/mol. The third kappa shape index (κ3) is 3.48. The van der Waals surface area contributed by atoms with Gasteiger partial charge in [-0.05, 0) is 49.7 Å². The molecule has 0 spiro atoms. The summed E-state index contributed by atoms with van der Waals surface area (Å²) in [6.45, 7) is 3.96. The van der Waals surface area contributed by atoms with Gasteiger partial charge in [-0.3, -0.25) is 14.7 Å². The van der Waals surface area contributed by atoms with Crippen molar-refractivity contribution in [1.29, 1.82) is 0 Å². The van der Waals surface area contributed by atoms with Crippen molar-refractivity contribution < 1.29 is 4.79 Å². The molecule has 25 heavy (non-hydrogen) atoms. The van der Waals surface area contributed by atoms with Crippen molar-refractivity contribution in [1.82, 2.24) is 4.90 Å². The van der Waals surface area contributed by atoms with Crippen molar-refractivity contribution in [3.63, 3.8) is 0 Å². The molecule has 1 unspecified atom stereocenters. The zero-order chi connectivity index (χ0) is 18.2. The number of thiocarbonyl (C=S) groups is 1. The van der Waals surface area contributed by atoms with Gasteiger partial charge < -0.3 is 0 Å². The minimum absolute atomic E-state index is 0.127. The maximum absolute atomic E-state index is 13.1. The Hall–Kier alpha value is -1.37.